The highest BCUT2D eigenvalue weighted by molar-refractivity contribution is 5.25. The molecule has 1 heterocycles. The smallest absolute Gasteiger partial charge is 0.130 e. The number of benzene rings is 1. The van der Waals surface area contributed by atoms with Crippen molar-refractivity contribution in [1.29, 1.82) is 0 Å². The maximum atomic E-state index is 14.2. The van der Waals surface area contributed by atoms with Crippen LogP contribution in [0.3, 0.4) is 0 Å². The molecule has 0 saturated carbocycles. The molecule has 2 atom stereocenters. The third-order valence-electron chi connectivity index (χ3n) is 4.31. The standard InChI is InChI=1S/C16H24F2N2/c1-11(2)20-9-4-3-6-12(10-19)16(20)15-13(17)7-5-8-14(15)18/h5,7-8,11-12,16H,3-4,6,9-10,19H2,1-2H3. The van der Waals surface area contributed by atoms with Crippen LogP contribution in [0.15, 0.2) is 18.2 Å². The van der Waals surface area contributed by atoms with E-state index in [-0.39, 0.29) is 23.6 Å². The Bertz CT molecular complexity index is 428. The highest BCUT2D eigenvalue weighted by Gasteiger charge is 2.35. The minimum atomic E-state index is -0.457. The Morgan fingerprint density at radius 1 is 1.25 bits per heavy atom. The van der Waals surface area contributed by atoms with Crippen LogP contribution in [0, 0.1) is 17.6 Å². The number of likely N-dealkylation sites (tertiary alicyclic amines) is 1. The van der Waals surface area contributed by atoms with Gasteiger partial charge in [0.1, 0.15) is 11.6 Å². The summed E-state index contributed by atoms with van der Waals surface area (Å²) in [6, 6.07) is 4.09. The van der Waals surface area contributed by atoms with Crippen LogP contribution in [-0.4, -0.2) is 24.0 Å². The zero-order valence-electron chi connectivity index (χ0n) is 12.3. The lowest BCUT2D eigenvalue weighted by molar-refractivity contribution is 0.115. The van der Waals surface area contributed by atoms with Gasteiger partial charge in [-0.25, -0.2) is 8.78 Å². The predicted molar refractivity (Wildman–Crippen MR) is 77.3 cm³/mol. The fourth-order valence-electron chi connectivity index (χ4n) is 3.29. The Balaban J connectivity index is 2.49. The largest absolute Gasteiger partial charge is 0.330 e. The molecule has 1 aliphatic rings. The van der Waals surface area contributed by atoms with Crippen LogP contribution < -0.4 is 5.73 Å². The molecule has 1 aromatic rings. The Morgan fingerprint density at radius 2 is 1.90 bits per heavy atom. The summed E-state index contributed by atoms with van der Waals surface area (Å²) in [7, 11) is 0. The minimum absolute atomic E-state index is 0.103. The van der Waals surface area contributed by atoms with E-state index in [1.807, 2.05) is 0 Å². The first kappa shape index (κ1) is 15.4. The van der Waals surface area contributed by atoms with Crippen molar-refractivity contribution in [3.8, 4) is 0 Å². The second-order valence-electron chi connectivity index (χ2n) is 5.90. The molecule has 1 aromatic carbocycles. The molecule has 0 radical (unpaired) electrons. The lowest BCUT2D eigenvalue weighted by atomic mass is 9.88. The van der Waals surface area contributed by atoms with Gasteiger partial charge in [0.15, 0.2) is 0 Å². The van der Waals surface area contributed by atoms with E-state index in [1.165, 1.54) is 18.2 Å². The summed E-state index contributed by atoms with van der Waals surface area (Å²) in [5.41, 5.74) is 6.08. The highest BCUT2D eigenvalue weighted by Crippen LogP contribution is 2.38. The monoisotopic (exact) mass is 282 g/mol. The predicted octanol–water partition coefficient (Wildman–Crippen LogP) is 3.48. The van der Waals surface area contributed by atoms with E-state index in [1.54, 1.807) is 0 Å². The lowest BCUT2D eigenvalue weighted by Crippen LogP contribution is -2.40. The van der Waals surface area contributed by atoms with Gasteiger partial charge in [0.05, 0.1) is 0 Å². The Labute approximate surface area is 120 Å². The Morgan fingerprint density at radius 3 is 2.45 bits per heavy atom. The second kappa shape index (κ2) is 6.64. The second-order valence-corrected chi connectivity index (χ2v) is 5.90. The van der Waals surface area contributed by atoms with E-state index in [0.29, 0.717) is 6.54 Å². The van der Waals surface area contributed by atoms with Crippen molar-refractivity contribution in [2.75, 3.05) is 13.1 Å². The first-order valence-electron chi connectivity index (χ1n) is 7.46. The van der Waals surface area contributed by atoms with Gasteiger partial charge in [-0.3, -0.25) is 4.90 Å². The molecule has 0 spiro atoms. The van der Waals surface area contributed by atoms with Gasteiger partial charge in [0.25, 0.3) is 0 Å². The minimum Gasteiger partial charge on any atom is -0.330 e. The van der Waals surface area contributed by atoms with Gasteiger partial charge in [-0.15, -0.1) is 0 Å². The molecule has 2 nitrogen and oxygen atoms in total. The van der Waals surface area contributed by atoms with Crippen molar-refractivity contribution >= 4 is 0 Å². The van der Waals surface area contributed by atoms with Crippen LogP contribution in [0.4, 0.5) is 8.78 Å². The molecule has 112 valence electrons. The van der Waals surface area contributed by atoms with E-state index in [9.17, 15) is 8.78 Å². The third kappa shape index (κ3) is 3.01. The summed E-state index contributed by atoms with van der Waals surface area (Å²) in [6.07, 6.45) is 3.05. The zero-order chi connectivity index (χ0) is 14.7. The van der Waals surface area contributed by atoms with E-state index < -0.39 is 11.6 Å². The molecule has 0 amide bonds. The number of hydrogen-bond acceptors (Lipinski definition) is 2. The quantitative estimate of drug-likeness (QED) is 0.919. The van der Waals surface area contributed by atoms with Crippen LogP contribution >= 0.6 is 0 Å². The van der Waals surface area contributed by atoms with Crippen molar-refractivity contribution in [1.82, 2.24) is 4.90 Å². The first-order chi connectivity index (χ1) is 9.56. The first-order valence-corrected chi connectivity index (χ1v) is 7.46. The fraction of sp³-hybridized carbons (Fsp3) is 0.625. The van der Waals surface area contributed by atoms with Gasteiger partial charge in [0, 0.05) is 17.6 Å². The maximum Gasteiger partial charge on any atom is 0.130 e. The molecule has 20 heavy (non-hydrogen) atoms. The summed E-state index contributed by atoms with van der Waals surface area (Å²) >= 11 is 0. The van der Waals surface area contributed by atoms with Crippen LogP contribution in [0.1, 0.15) is 44.7 Å². The Hall–Kier alpha value is -1.00. The van der Waals surface area contributed by atoms with Crippen LogP contribution in [-0.2, 0) is 0 Å². The topological polar surface area (TPSA) is 29.3 Å². The maximum absolute atomic E-state index is 14.2. The van der Waals surface area contributed by atoms with Crippen molar-refractivity contribution in [2.45, 2.75) is 45.2 Å². The molecule has 0 aliphatic carbocycles. The number of nitrogens with two attached hydrogens (primary N) is 1. The van der Waals surface area contributed by atoms with Gasteiger partial charge in [0.2, 0.25) is 0 Å². The van der Waals surface area contributed by atoms with E-state index >= 15 is 0 Å². The highest BCUT2D eigenvalue weighted by atomic mass is 19.1. The molecular weight excluding hydrogens is 258 g/mol. The molecular formula is C16H24F2N2. The lowest BCUT2D eigenvalue weighted by Gasteiger charge is -2.38. The average molecular weight is 282 g/mol. The van der Waals surface area contributed by atoms with E-state index in [4.69, 9.17) is 5.73 Å². The molecule has 0 bridgehead atoms. The van der Waals surface area contributed by atoms with Crippen molar-refractivity contribution in [3.05, 3.63) is 35.4 Å². The SMILES string of the molecule is CC(C)N1CCCCC(CN)C1c1c(F)cccc1F. The molecule has 2 N–H and O–H groups in total. The molecule has 2 rings (SSSR count). The molecule has 1 saturated heterocycles. The van der Waals surface area contributed by atoms with Crippen LogP contribution in [0.2, 0.25) is 0 Å². The molecule has 1 fully saturated rings. The van der Waals surface area contributed by atoms with Crippen molar-refractivity contribution < 1.29 is 8.78 Å². The summed E-state index contributed by atoms with van der Waals surface area (Å²) in [4.78, 5) is 2.20. The molecule has 1 aliphatic heterocycles. The van der Waals surface area contributed by atoms with Crippen LogP contribution in [0.5, 0.6) is 0 Å². The number of rotatable bonds is 3. The molecule has 4 heteroatoms. The Kier molecular flexibility index (Phi) is 5.11. The van der Waals surface area contributed by atoms with Gasteiger partial charge >= 0.3 is 0 Å². The van der Waals surface area contributed by atoms with Gasteiger partial charge in [-0.2, -0.15) is 0 Å². The average Bonchev–Trinajstić information content (AvgIpc) is 2.61. The summed E-state index contributed by atoms with van der Waals surface area (Å²) in [5.74, 6) is -0.812. The summed E-state index contributed by atoms with van der Waals surface area (Å²) in [5, 5.41) is 0. The fourth-order valence-corrected chi connectivity index (χ4v) is 3.29. The van der Waals surface area contributed by atoms with Crippen LogP contribution in [0.25, 0.3) is 0 Å². The van der Waals surface area contributed by atoms with Crippen molar-refractivity contribution in [2.24, 2.45) is 11.7 Å². The zero-order valence-corrected chi connectivity index (χ0v) is 12.3. The number of nitrogens with zero attached hydrogens (tertiary/aromatic N) is 1. The van der Waals surface area contributed by atoms with Gasteiger partial charge in [-0.05, 0) is 57.8 Å². The molecule has 0 aromatic heterocycles. The normalized spacial score (nSPS) is 24.9. The molecule has 2 unspecified atom stereocenters. The van der Waals surface area contributed by atoms with E-state index in [0.717, 1.165) is 25.8 Å². The summed E-state index contributed by atoms with van der Waals surface area (Å²) < 4.78 is 28.4. The summed E-state index contributed by atoms with van der Waals surface area (Å²) in [6.45, 7) is 5.48. The number of halogens is 2. The van der Waals surface area contributed by atoms with Gasteiger partial charge < -0.3 is 5.73 Å². The third-order valence-corrected chi connectivity index (χ3v) is 4.31. The van der Waals surface area contributed by atoms with E-state index in [2.05, 4.69) is 18.7 Å². The van der Waals surface area contributed by atoms with Gasteiger partial charge in [-0.1, -0.05) is 12.5 Å². The van der Waals surface area contributed by atoms with Crippen molar-refractivity contribution in [3.63, 3.8) is 0 Å². The number of hydrogen-bond donors (Lipinski definition) is 1.